The zero-order valence-electron chi connectivity index (χ0n) is 14.1. The standard InChI is InChI=1S/C18H14F3N3O3/c1-2-17(11-22,12-7-9-13(10-8-12)18(19,20)21)23-16(25)14-5-3-4-6-15(14)24(26)27/h3-10H,2H2,1H3,(H,23,25). The highest BCUT2D eigenvalue weighted by Gasteiger charge is 2.36. The van der Waals surface area contributed by atoms with Gasteiger partial charge in [0.1, 0.15) is 5.56 Å². The average molecular weight is 377 g/mol. The number of nitrogens with one attached hydrogen (secondary N) is 1. The third kappa shape index (κ3) is 4.06. The summed E-state index contributed by atoms with van der Waals surface area (Å²) in [5.74, 6) is -0.870. The largest absolute Gasteiger partial charge is 0.416 e. The van der Waals surface area contributed by atoms with Gasteiger partial charge in [-0.3, -0.25) is 14.9 Å². The zero-order chi connectivity index (χ0) is 20.2. The van der Waals surface area contributed by atoms with Crippen LogP contribution in [0.3, 0.4) is 0 Å². The Morgan fingerprint density at radius 1 is 1.15 bits per heavy atom. The maximum atomic E-state index is 12.7. The lowest BCUT2D eigenvalue weighted by Gasteiger charge is -2.27. The van der Waals surface area contributed by atoms with Gasteiger partial charge in [0.25, 0.3) is 11.6 Å². The second kappa shape index (κ2) is 7.45. The van der Waals surface area contributed by atoms with Crippen LogP contribution in [0.15, 0.2) is 48.5 Å². The highest BCUT2D eigenvalue weighted by molar-refractivity contribution is 5.98. The first kappa shape index (κ1) is 19.9. The van der Waals surface area contributed by atoms with Crippen molar-refractivity contribution in [3.05, 3.63) is 75.3 Å². The summed E-state index contributed by atoms with van der Waals surface area (Å²) in [4.78, 5) is 22.9. The molecule has 9 heteroatoms. The topological polar surface area (TPSA) is 96.0 Å². The molecule has 0 heterocycles. The quantitative estimate of drug-likeness (QED) is 0.625. The third-order valence-corrected chi connectivity index (χ3v) is 4.10. The third-order valence-electron chi connectivity index (χ3n) is 4.10. The predicted molar refractivity (Wildman–Crippen MR) is 89.6 cm³/mol. The molecule has 1 amide bonds. The first-order valence-electron chi connectivity index (χ1n) is 7.79. The molecule has 0 aliphatic rings. The molecule has 0 bridgehead atoms. The molecular formula is C18H14F3N3O3. The van der Waals surface area contributed by atoms with Gasteiger partial charge in [0.2, 0.25) is 0 Å². The molecule has 0 aliphatic heterocycles. The van der Waals surface area contributed by atoms with Gasteiger partial charge in [0.15, 0.2) is 5.54 Å². The lowest BCUT2D eigenvalue weighted by molar-refractivity contribution is -0.385. The Morgan fingerprint density at radius 3 is 2.19 bits per heavy atom. The molecule has 140 valence electrons. The van der Waals surface area contributed by atoms with Crippen molar-refractivity contribution in [1.29, 1.82) is 5.26 Å². The molecule has 27 heavy (non-hydrogen) atoms. The summed E-state index contributed by atoms with van der Waals surface area (Å²) in [6, 6.07) is 10.9. The van der Waals surface area contributed by atoms with Crippen molar-refractivity contribution in [3.8, 4) is 6.07 Å². The highest BCUT2D eigenvalue weighted by atomic mass is 19.4. The molecular weight excluding hydrogens is 363 g/mol. The number of hydrogen-bond donors (Lipinski definition) is 1. The number of carbonyl (C=O) groups excluding carboxylic acids is 1. The van der Waals surface area contributed by atoms with Crippen LogP contribution in [0.5, 0.6) is 0 Å². The van der Waals surface area contributed by atoms with Crippen LogP contribution in [0.25, 0.3) is 0 Å². The number of rotatable bonds is 5. The van der Waals surface area contributed by atoms with Gasteiger partial charge in [-0.05, 0) is 30.2 Å². The number of para-hydroxylation sites is 1. The van der Waals surface area contributed by atoms with E-state index >= 15 is 0 Å². The number of nitro groups is 1. The predicted octanol–water partition coefficient (Wildman–Crippen LogP) is 4.17. The Bertz CT molecular complexity index is 905. The SMILES string of the molecule is CCC(C#N)(NC(=O)c1ccccc1[N+](=O)[O-])c1ccc(C(F)(F)F)cc1. The highest BCUT2D eigenvalue weighted by Crippen LogP contribution is 2.32. The van der Waals surface area contributed by atoms with Crippen molar-refractivity contribution in [2.75, 3.05) is 0 Å². The van der Waals surface area contributed by atoms with E-state index < -0.39 is 33.8 Å². The normalized spacial score (nSPS) is 13.3. The summed E-state index contributed by atoms with van der Waals surface area (Å²) in [6.45, 7) is 1.57. The fraction of sp³-hybridized carbons (Fsp3) is 0.222. The Labute approximate surface area is 152 Å². The van der Waals surface area contributed by atoms with Crippen LogP contribution in [-0.4, -0.2) is 10.8 Å². The lowest BCUT2D eigenvalue weighted by Crippen LogP contribution is -2.44. The average Bonchev–Trinajstić information content (AvgIpc) is 2.65. The number of halogens is 3. The maximum Gasteiger partial charge on any atom is 0.416 e. The van der Waals surface area contributed by atoms with Crippen LogP contribution in [0, 0.1) is 21.4 Å². The van der Waals surface area contributed by atoms with E-state index in [1.165, 1.54) is 18.2 Å². The molecule has 1 unspecified atom stereocenters. The van der Waals surface area contributed by atoms with Crippen molar-refractivity contribution >= 4 is 11.6 Å². The van der Waals surface area contributed by atoms with Crippen LogP contribution in [0.4, 0.5) is 18.9 Å². The number of amides is 1. The molecule has 0 spiro atoms. The summed E-state index contributed by atoms with van der Waals surface area (Å²) < 4.78 is 38.2. The number of alkyl halides is 3. The molecule has 1 atom stereocenters. The van der Waals surface area contributed by atoms with Crippen molar-refractivity contribution < 1.29 is 22.9 Å². The van der Waals surface area contributed by atoms with Crippen LogP contribution in [0.1, 0.15) is 34.8 Å². The Hall–Kier alpha value is -3.41. The summed E-state index contributed by atoms with van der Waals surface area (Å²) >= 11 is 0. The molecule has 2 rings (SSSR count). The Kier molecular flexibility index (Phi) is 5.49. The van der Waals surface area contributed by atoms with Gasteiger partial charge in [0, 0.05) is 6.07 Å². The molecule has 2 aromatic rings. The van der Waals surface area contributed by atoms with E-state index in [-0.39, 0.29) is 17.5 Å². The van der Waals surface area contributed by atoms with E-state index in [1.54, 1.807) is 6.92 Å². The van der Waals surface area contributed by atoms with Crippen molar-refractivity contribution in [1.82, 2.24) is 5.32 Å². The summed E-state index contributed by atoms with van der Waals surface area (Å²) in [6.07, 6.45) is -4.49. The van der Waals surface area contributed by atoms with Crippen molar-refractivity contribution in [3.63, 3.8) is 0 Å². The molecule has 0 aliphatic carbocycles. The molecule has 0 radical (unpaired) electrons. The van der Waals surface area contributed by atoms with Crippen LogP contribution in [0.2, 0.25) is 0 Å². The van der Waals surface area contributed by atoms with Gasteiger partial charge in [0.05, 0.1) is 16.6 Å². The first-order chi connectivity index (χ1) is 12.6. The number of nitrogens with zero attached hydrogens (tertiary/aromatic N) is 2. The lowest BCUT2D eigenvalue weighted by atomic mass is 9.87. The van der Waals surface area contributed by atoms with Gasteiger partial charge < -0.3 is 5.32 Å². The smallest absolute Gasteiger partial charge is 0.330 e. The molecule has 2 aromatic carbocycles. The number of benzene rings is 2. The van der Waals surface area contributed by atoms with E-state index in [1.807, 2.05) is 6.07 Å². The number of carbonyl (C=O) groups is 1. The van der Waals surface area contributed by atoms with E-state index in [0.717, 1.165) is 30.3 Å². The summed E-state index contributed by atoms with van der Waals surface area (Å²) in [7, 11) is 0. The number of nitro benzene ring substituents is 1. The summed E-state index contributed by atoms with van der Waals surface area (Å²) in [5.41, 5.74) is -3.07. The van der Waals surface area contributed by atoms with Crippen LogP contribution >= 0.6 is 0 Å². The van der Waals surface area contributed by atoms with Crippen molar-refractivity contribution in [2.24, 2.45) is 0 Å². The first-order valence-corrected chi connectivity index (χ1v) is 7.79. The van der Waals surface area contributed by atoms with Gasteiger partial charge >= 0.3 is 6.18 Å². The second-order valence-corrected chi connectivity index (χ2v) is 5.67. The fourth-order valence-corrected chi connectivity index (χ4v) is 2.57. The van der Waals surface area contributed by atoms with Gasteiger partial charge in [-0.25, -0.2) is 0 Å². The fourth-order valence-electron chi connectivity index (χ4n) is 2.57. The maximum absolute atomic E-state index is 12.7. The van der Waals surface area contributed by atoms with Crippen molar-refractivity contribution in [2.45, 2.75) is 25.1 Å². The van der Waals surface area contributed by atoms with Gasteiger partial charge in [-0.1, -0.05) is 31.2 Å². The number of nitriles is 1. The molecule has 0 saturated heterocycles. The molecule has 0 saturated carbocycles. The molecule has 1 N–H and O–H groups in total. The van der Waals surface area contributed by atoms with E-state index in [0.29, 0.717) is 0 Å². The molecule has 6 nitrogen and oxygen atoms in total. The van der Waals surface area contributed by atoms with E-state index in [9.17, 15) is 33.3 Å². The van der Waals surface area contributed by atoms with Gasteiger partial charge in [-0.2, -0.15) is 18.4 Å². The molecule has 0 fully saturated rings. The minimum absolute atomic E-state index is 0.0429. The molecule has 0 aromatic heterocycles. The van der Waals surface area contributed by atoms with Crippen LogP contribution in [-0.2, 0) is 11.7 Å². The monoisotopic (exact) mass is 377 g/mol. The van der Waals surface area contributed by atoms with E-state index in [4.69, 9.17) is 0 Å². The Balaban J connectivity index is 2.42. The van der Waals surface area contributed by atoms with E-state index in [2.05, 4.69) is 5.32 Å². The Morgan fingerprint density at radius 2 is 1.70 bits per heavy atom. The van der Waals surface area contributed by atoms with Gasteiger partial charge in [-0.15, -0.1) is 0 Å². The summed E-state index contributed by atoms with van der Waals surface area (Å²) in [5, 5.41) is 23.1. The minimum Gasteiger partial charge on any atom is -0.330 e. The zero-order valence-corrected chi connectivity index (χ0v) is 14.1. The number of hydrogen-bond acceptors (Lipinski definition) is 4. The second-order valence-electron chi connectivity index (χ2n) is 5.67. The minimum atomic E-state index is -4.53. The van der Waals surface area contributed by atoms with Crippen LogP contribution < -0.4 is 5.32 Å².